The summed E-state index contributed by atoms with van der Waals surface area (Å²) in [7, 11) is 0. The molecule has 3 nitrogen and oxygen atoms in total. The molecule has 0 aliphatic heterocycles. The van der Waals surface area contributed by atoms with Gasteiger partial charge in [0.15, 0.2) is 0 Å². The Hall–Kier alpha value is -0.570. The smallest absolute Gasteiger partial charge is 0.240 e. The van der Waals surface area contributed by atoms with Gasteiger partial charge in [-0.2, -0.15) is 0 Å². The van der Waals surface area contributed by atoms with Gasteiger partial charge in [-0.1, -0.05) is 27.2 Å². The largest absolute Gasteiger partial charge is 0.338 e. The minimum atomic E-state index is -0.304. The van der Waals surface area contributed by atoms with Crippen LogP contribution in [-0.2, 0) is 4.79 Å². The van der Waals surface area contributed by atoms with E-state index in [1.54, 1.807) is 0 Å². The zero-order valence-electron chi connectivity index (χ0n) is 10.2. The third kappa shape index (κ3) is 3.20. The predicted molar refractivity (Wildman–Crippen MR) is 62.5 cm³/mol. The molecule has 1 aliphatic carbocycles. The van der Waals surface area contributed by atoms with Gasteiger partial charge in [-0.05, 0) is 25.2 Å². The molecule has 0 saturated heterocycles. The molecule has 0 heterocycles. The van der Waals surface area contributed by atoms with Crippen molar-refractivity contribution in [2.75, 3.05) is 6.54 Å². The van der Waals surface area contributed by atoms with Gasteiger partial charge in [0, 0.05) is 12.6 Å². The first-order valence-corrected chi connectivity index (χ1v) is 6.17. The van der Waals surface area contributed by atoms with E-state index in [-0.39, 0.29) is 17.9 Å². The van der Waals surface area contributed by atoms with E-state index in [0.717, 1.165) is 19.4 Å². The summed E-state index contributed by atoms with van der Waals surface area (Å²) in [6.45, 7) is 7.11. The summed E-state index contributed by atoms with van der Waals surface area (Å²) in [4.78, 5) is 14.1. The topological polar surface area (TPSA) is 46.3 Å². The Morgan fingerprint density at radius 3 is 2.47 bits per heavy atom. The first-order chi connectivity index (χ1) is 7.11. The molecule has 1 rings (SSSR count). The van der Waals surface area contributed by atoms with E-state index >= 15 is 0 Å². The lowest BCUT2D eigenvalue weighted by Crippen LogP contribution is -2.48. The summed E-state index contributed by atoms with van der Waals surface area (Å²) in [5.41, 5.74) is 5.98. The van der Waals surface area contributed by atoms with Crippen molar-refractivity contribution in [2.45, 2.75) is 58.5 Å². The highest BCUT2D eigenvalue weighted by molar-refractivity contribution is 5.82. The first kappa shape index (κ1) is 12.5. The Balaban J connectivity index is 2.54. The van der Waals surface area contributed by atoms with Crippen LogP contribution in [0.4, 0.5) is 0 Å². The third-order valence-electron chi connectivity index (χ3n) is 3.28. The van der Waals surface area contributed by atoms with Crippen molar-refractivity contribution >= 4 is 5.91 Å². The van der Waals surface area contributed by atoms with Gasteiger partial charge in [0.2, 0.25) is 5.91 Å². The normalized spacial score (nSPS) is 19.7. The Kier molecular flexibility index (Phi) is 4.58. The molecule has 0 spiro atoms. The van der Waals surface area contributed by atoms with Gasteiger partial charge in [-0.25, -0.2) is 0 Å². The van der Waals surface area contributed by atoms with Gasteiger partial charge in [0.25, 0.3) is 0 Å². The van der Waals surface area contributed by atoms with Gasteiger partial charge in [0.05, 0.1) is 6.04 Å². The molecule has 1 saturated carbocycles. The van der Waals surface area contributed by atoms with Crippen LogP contribution in [0.1, 0.15) is 46.5 Å². The summed E-state index contributed by atoms with van der Waals surface area (Å²) in [5.74, 6) is 0.448. The lowest BCUT2D eigenvalue weighted by molar-refractivity contribution is -0.134. The molecule has 0 radical (unpaired) electrons. The Labute approximate surface area is 93.0 Å². The highest BCUT2D eigenvalue weighted by Crippen LogP contribution is 2.28. The van der Waals surface area contributed by atoms with Crippen molar-refractivity contribution in [3.63, 3.8) is 0 Å². The standard InChI is InChI=1S/C12H24N2O/c1-4-8-14(10-6-7-10)12(15)11(13)9(3)5-2/h9-11H,4-8,13H2,1-3H3/t9?,11-/m0/s1. The molecule has 88 valence electrons. The van der Waals surface area contributed by atoms with Crippen LogP contribution in [0.15, 0.2) is 0 Å². The number of carbonyl (C=O) groups is 1. The van der Waals surface area contributed by atoms with Crippen LogP contribution in [0.3, 0.4) is 0 Å². The number of hydrogen-bond donors (Lipinski definition) is 1. The van der Waals surface area contributed by atoms with Crippen LogP contribution in [0.2, 0.25) is 0 Å². The molecule has 3 heteroatoms. The number of rotatable bonds is 6. The molecule has 0 aromatic heterocycles. The zero-order chi connectivity index (χ0) is 11.4. The Morgan fingerprint density at radius 2 is 2.07 bits per heavy atom. The van der Waals surface area contributed by atoms with Crippen molar-refractivity contribution in [1.82, 2.24) is 4.90 Å². The van der Waals surface area contributed by atoms with Gasteiger partial charge >= 0.3 is 0 Å². The van der Waals surface area contributed by atoms with Crippen molar-refractivity contribution in [3.05, 3.63) is 0 Å². The van der Waals surface area contributed by atoms with Gasteiger partial charge in [0.1, 0.15) is 0 Å². The zero-order valence-corrected chi connectivity index (χ0v) is 10.2. The van der Waals surface area contributed by atoms with Crippen LogP contribution in [0.5, 0.6) is 0 Å². The van der Waals surface area contributed by atoms with Crippen LogP contribution in [0.25, 0.3) is 0 Å². The first-order valence-electron chi connectivity index (χ1n) is 6.17. The van der Waals surface area contributed by atoms with E-state index < -0.39 is 0 Å². The molecule has 2 N–H and O–H groups in total. The fourth-order valence-electron chi connectivity index (χ4n) is 1.79. The summed E-state index contributed by atoms with van der Waals surface area (Å²) < 4.78 is 0. The highest BCUT2D eigenvalue weighted by atomic mass is 16.2. The number of amides is 1. The minimum absolute atomic E-state index is 0.161. The van der Waals surface area contributed by atoms with Crippen molar-refractivity contribution in [3.8, 4) is 0 Å². The van der Waals surface area contributed by atoms with Crippen molar-refractivity contribution in [2.24, 2.45) is 11.7 Å². The monoisotopic (exact) mass is 212 g/mol. The highest BCUT2D eigenvalue weighted by Gasteiger charge is 2.35. The maximum absolute atomic E-state index is 12.1. The molecule has 15 heavy (non-hydrogen) atoms. The van der Waals surface area contributed by atoms with E-state index in [2.05, 4.69) is 20.8 Å². The molecule has 1 unspecified atom stereocenters. The SMILES string of the molecule is CCCN(C(=O)[C@@H](N)C(C)CC)C1CC1. The lowest BCUT2D eigenvalue weighted by Gasteiger charge is -2.27. The number of nitrogens with zero attached hydrogens (tertiary/aromatic N) is 1. The van der Waals surface area contributed by atoms with Crippen molar-refractivity contribution < 1.29 is 4.79 Å². The second-order valence-electron chi connectivity index (χ2n) is 4.67. The maximum Gasteiger partial charge on any atom is 0.240 e. The summed E-state index contributed by atoms with van der Waals surface area (Å²) in [6.07, 6.45) is 4.32. The molecule has 0 aromatic rings. The summed E-state index contributed by atoms with van der Waals surface area (Å²) in [6, 6.07) is 0.190. The Bertz CT molecular complexity index is 214. The second-order valence-corrected chi connectivity index (χ2v) is 4.67. The van der Waals surface area contributed by atoms with Gasteiger partial charge in [-0.15, -0.1) is 0 Å². The van der Waals surface area contributed by atoms with E-state index in [1.165, 1.54) is 12.8 Å². The van der Waals surface area contributed by atoms with E-state index in [1.807, 2.05) is 4.90 Å². The van der Waals surface area contributed by atoms with Crippen LogP contribution in [0, 0.1) is 5.92 Å². The molecular weight excluding hydrogens is 188 g/mol. The lowest BCUT2D eigenvalue weighted by atomic mass is 9.99. The molecule has 0 bridgehead atoms. The average Bonchev–Trinajstić information content (AvgIpc) is 3.06. The van der Waals surface area contributed by atoms with Crippen LogP contribution >= 0.6 is 0 Å². The van der Waals surface area contributed by atoms with E-state index in [9.17, 15) is 4.79 Å². The Morgan fingerprint density at radius 1 is 1.47 bits per heavy atom. The van der Waals surface area contributed by atoms with Crippen molar-refractivity contribution in [1.29, 1.82) is 0 Å². The van der Waals surface area contributed by atoms with E-state index in [4.69, 9.17) is 5.73 Å². The molecule has 1 amide bonds. The fourth-order valence-corrected chi connectivity index (χ4v) is 1.79. The fraction of sp³-hybridized carbons (Fsp3) is 0.917. The van der Waals surface area contributed by atoms with Gasteiger partial charge < -0.3 is 10.6 Å². The van der Waals surface area contributed by atoms with Gasteiger partial charge in [-0.3, -0.25) is 4.79 Å². The minimum Gasteiger partial charge on any atom is -0.338 e. The molecule has 2 atom stereocenters. The quantitative estimate of drug-likeness (QED) is 0.729. The molecule has 1 aliphatic rings. The van der Waals surface area contributed by atoms with Crippen LogP contribution < -0.4 is 5.73 Å². The number of carbonyl (C=O) groups excluding carboxylic acids is 1. The number of nitrogens with two attached hydrogens (primary N) is 1. The number of hydrogen-bond acceptors (Lipinski definition) is 2. The summed E-state index contributed by atoms with van der Waals surface area (Å²) in [5, 5.41) is 0. The molecule has 0 aromatic carbocycles. The summed E-state index contributed by atoms with van der Waals surface area (Å²) >= 11 is 0. The molecule has 1 fully saturated rings. The maximum atomic E-state index is 12.1. The molecular formula is C12H24N2O. The average molecular weight is 212 g/mol. The second kappa shape index (κ2) is 5.50. The predicted octanol–water partition coefficient (Wildman–Crippen LogP) is 1.76. The van der Waals surface area contributed by atoms with Crippen LogP contribution in [-0.4, -0.2) is 29.4 Å². The third-order valence-corrected chi connectivity index (χ3v) is 3.28. The van der Waals surface area contributed by atoms with E-state index in [0.29, 0.717) is 6.04 Å².